The minimum Gasteiger partial charge on any atom is -0.366 e. The highest BCUT2D eigenvalue weighted by molar-refractivity contribution is 6.00. The number of nitrogen functional groups attached to an aromatic ring is 1. The molecule has 0 aliphatic heterocycles. The molecule has 4 N–H and O–H groups in total. The first-order chi connectivity index (χ1) is 8.27. The maximum Gasteiger partial charge on any atom is 0.267 e. The van der Waals surface area contributed by atoms with Crippen LogP contribution in [0.5, 0.6) is 0 Å². The van der Waals surface area contributed by atoms with E-state index >= 15 is 0 Å². The van der Waals surface area contributed by atoms with Crippen molar-refractivity contribution < 1.29 is 4.79 Å². The number of carbonyl (C=O) groups is 1. The number of nitrogens with one attached hydrogen (secondary N) is 2. The van der Waals surface area contributed by atoms with Gasteiger partial charge in [-0.05, 0) is 23.6 Å². The molecule has 0 aliphatic carbocycles. The fourth-order valence-corrected chi connectivity index (χ4v) is 1.82. The predicted octanol–water partition coefficient (Wildman–Crippen LogP) is 1.24. The number of H-pyrrole nitrogens is 1. The number of nitrogens with two attached hydrogens (primary N) is 1. The van der Waals surface area contributed by atoms with Crippen molar-refractivity contribution in [1.82, 2.24) is 15.4 Å². The number of amides is 1. The number of aromatic nitrogens is 2. The zero-order valence-corrected chi connectivity index (χ0v) is 9.53. The Balaban J connectivity index is 2.53. The fraction of sp³-hybridized carbons (Fsp3) is 0.167. The Hall–Kier alpha value is -2.14. The van der Waals surface area contributed by atoms with E-state index in [0.717, 1.165) is 23.1 Å². The molecule has 1 amide bonds. The predicted molar refractivity (Wildman–Crippen MR) is 65.1 cm³/mol. The molecule has 88 valence electrons. The number of hydrogen-bond donors (Lipinski definition) is 3. The summed E-state index contributed by atoms with van der Waals surface area (Å²) in [6.45, 7) is 2.05. The van der Waals surface area contributed by atoms with Crippen LogP contribution in [0.15, 0.2) is 30.9 Å². The molecule has 0 unspecified atom stereocenters. The summed E-state index contributed by atoms with van der Waals surface area (Å²) in [5.74, 6) is 4.85. The smallest absolute Gasteiger partial charge is 0.267 e. The lowest BCUT2D eigenvalue weighted by Gasteiger charge is -2.07. The quantitative estimate of drug-likeness (QED) is 0.421. The van der Waals surface area contributed by atoms with Crippen molar-refractivity contribution in [2.75, 3.05) is 0 Å². The molecule has 0 aliphatic rings. The first-order valence-electron chi connectivity index (χ1n) is 5.39. The monoisotopic (exact) mass is 230 g/mol. The third kappa shape index (κ3) is 2.05. The molecule has 2 aromatic heterocycles. The second-order valence-electron chi connectivity index (χ2n) is 3.64. The molecule has 17 heavy (non-hydrogen) atoms. The van der Waals surface area contributed by atoms with Gasteiger partial charge in [0.25, 0.3) is 5.91 Å². The number of hydrazine groups is 1. The first-order valence-corrected chi connectivity index (χ1v) is 5.39. The molecule has 2 rings (SSSR count). The molecular weight excluding hydrogens is 216 g/mol. The minimum atomic E-state index is -0.305. The Morgan fingerprint density at radius 2 is 2.29 bits per heavy atom. The molecule has 2 aromatic rings. The van der Waals surface area contributed by atoms with E-state index in [4.69, 9.17) is 5.84 Å². The van der Waals surface area contributed by atoms with Crippen LogP contribution in [0.4, 0.5) is 0 Å². The van der Waals surface area contributed by atoms with E-state index in [-0.39, 0.29) is 5.91 Å². The van der Waals surface area contributed by atoms with E-state index in [1.54, 1.807) is 18.6 Å². The Labute approximate surface area is 99.0 Å². The van der Waals surface area contributed by atoms with Crippen LogP contribution in [0.25, 0.3) is 11.1 Å². The summed E-state index contributed by atoms with van der Waals surface area (Å²) in [6.07, 6.45) is 7.81. The lowest BCUT2D eigenvalue weighted by atomic mass is 9.99. The van der Waals surface area contributed by atoms with Crippen LogP contribution in [0.2, 0.25) is 0 Å². The van der Waals surface area contributed by atoms with Gasteiger partial charge in [0.2, 0.25) is 0 Å². The Bertz CT molecular complexity index is 533. The van der Waals surface area contributed by atoms with Crippen LogP contribution < -0.4 is 11.3 Å². The second-order valence-corrected chi connectivity index (χ2v) is 3.64. The molecule has 0 saturated carbocycles. The molecule has 5 heteroatoms. The van der Waals surface area contributed by atoms with Gasteiger partial charge in [0.1, 0.15) is 0 Å². The van der Waals surface area contributed by atoms with Gasteiger partial charge in [-0.3, -0.25) is 15.2 Å². The topological polar surface area (TPSA) is 83.8 Å². The lowest BCUT2D eigenvalue weighted by molar-refractivity contribution is 0.0954. The van der Waals surface area contributed by atoms with E-state index in [9.17, 15) is 4.79 Å². The standard InChI is InChI=1S/C12H14N4O/c1-2-8-5-14-4-3-9(8)10-6-15-7-11(10)12(17)16-13/h3-7,15H,2,13H2,1H3,(H,16,17). The number of rotatable bonds is 3. The van der Waals surface area contributed by atoms with Crippen LogP contribution >= 0.6 is 0 Å². The van der Waals surface area contributed by atoms with Gasteiger partial charge in [-0.25, -0.2) is 5.84 Å². The van der Waals surface area contributed by atoms with Gasteiger partial charge in [-0.15, -0.1) is 0 Å². The van der Waals surface area contributed by atoms with E-state index < -0.39 is 0 Å². The Kier molecular flexibility index (Phi) is 3.20. The summed E-state index contributed by atoms with van der Waals surface area (Å²) in [6, 6.07) is 1.90. The Morgan fingerprint density at radius 1 is 1.47 bits per heavy atom. The van der Waals surface area contributed by atoms with Crippen LogP contribution in [0.3, 0.4) is 0 Å². The number of pyridine rings is 1. The molecule has 0 saturated heterocycles. The number of aromatic amines is 1. The maximum absolute atomic E-state index is 11.6. The van der Waals surface area contributed by atoms with E-state index in [2.05, 4.69) is 22.3 Å². The summed E-state index contributed by atoms with van der Waals surface area (Å²) in [4.78, 5) is 18.6. The summed E-state index contributed by atoms with van der Waals surface area (Å²) in [5.41, 5.74) is 5.61. The summed E-state index contributed by atoms with van der Waals surface area (Å²) >= 11 is 0. The van der Waals surface area contributed by atoms with E-state index in [0.29, 0.717) is 5.56 Å². The van der Waals surface area contributed by atoms with Crippen molar-refractivity contribution >= 4 is 5.91 Å². The highest BCUT2D eigenvalue weighted by Crippen LogP contribution is 2.26. The summed E-state index contributed by atoms with van der Waals surface area (Å²) in [5, 5.41) is 0. The molecule has 5 nitrogen and oxygen atoms in total. The number of aryl methyl sites for hydroxylation is 1. The highest BCUT2D eigenvalue weighted by Gasteiger charge is 2.14. The molecule has 0 radical (unpaired) electrons. The van der Waals surface area contributed by atoms with Gasteiger partial charge in [0.15, 0.2) is 0 Å². The van der Waals surface area contributed by atoms with Crippen molar-refractivity contribution in [3.8, 4) is 11.1 Å². The molecule has 0 atom stereocenters. The summed E-state index contributed by atoms with van der Waals surface area (Å²) < 4.78 is 0. The normalized spacial score (nSPS) is 10.2. The number of carbonyl (C=O) groups excluding carboxylic acids is 1. The largest absolute Gasteiger partial charge is 0.366 e. The number of nitrogens with zero attached hydrogens (tertiary/aromatic N) is 1. The second kappa shape index (κ2) is 4.80. The van der Waals surface area contributed by atoms with E-state index in [1.807, 2.05) is 12.3 Å². The average Bonchev–Trinajstić information content (AvgIpc) is 2.86. The van der Waals surface area contributed by atoms with Crippen molar-refractivity contribution in [3.05, 3.63) is 42.0 Å². The van der Waals surface area contributed by atoms with Gasteiger partial charge < -0.3 is 4.98 Å². The summed E-state index contributed by atoms with van der Waals surface area (Å²) in [7, 11) is 0. The average molecular weight is 230 g/mol. The SMILES string of the molecule is CCc1cnccc1-c1c[nH]cc1C(=O)NN. The van der Waals surface area contributed by atoms with Crippen LogP contribution in [-0.4, -0.2) is 15.9 Å². The molecule has 2 heterocycles. The zero-order valence-electron chi connectivity index (χ0n) is 9.53. The lowest BCUT2D eigenvalue weighted by Crippen LogP contribution is -2.30. The van der Waals surface area contributed by atoms with Gasteiger partial charge in [-0.1, -0.05) is 6.92 Å². The van der Waals surface area contributed by atoms with Crippen molar-refractivity contribution in [2.24, 2.45) is 5.84 Å². The van der Waals surface area contributed by atoms with Crippen LogP contribution in [0.1, 0.15) is 22.8 Å². The van der Waals surface area contributed by atoms with Gasteiger partial charge >= 0.3 is 0 Å². The van der Waals surface area contributed by atoms with Crippen molar-refractivity contribution in [2.45, 2.75) is 13.3 Å². The van der Waals surface area contributed by atoms with Crippen molar-refractivity contribution in [3.63, 3.8) is 0 Å². The first kappa shape index (κ1) is 11.3. The van der Waals surface area contributed by atoms with Crippen molar-refractivity contribution in [1.29, 1.82) is 0 Å². The van der Waals surface area contributed by atoms with Crippen LogP contribution in [-0.2, 0) is 6.42 Å². The van der Waals surface area contributed by atoms with Gasteiger partial charge in [-0.2, -0.15) is 0 Å². The van der Waals surface area contributed by atoms with Gasteiger partial charge in [0.05, 0.1) is 5.56 Å². The van der Waals surface area contributed by atoms with Crippen LogP contribution in [0, 0.1) is 0 Å². The minimum absolute atomic E-state index is 0.305. The maximum atomic E-state index is 11.6. The molecule has 0 spiro atoms. The van der Waals surface area contributed by atoms with Gasteiger partial charge in [0, 0.05) is 30.4 Å². The molecule has 0 bridgehead atoms. The third-order valence-electron chi connectivity index (χ3n) is 2.70. The third-order valence-corrected chi connectivity index (χ3v) is 2.70. The molecular formula is C12H14N4O. The van der Waals surface area contributed by atoms with E-state index in [1.165, 1.54) is 0 Å². The zero-order chi connectivity index (χ0) is 12.3. The highest BCUT2D eigenvalue weighted by atomic mass is 16.2. The fourth-order valence-electron chi connectivity index (χ4n) is 1.82. The molecule has 0 aromatic carbocycles. The molecule has 0 fully saturated rings. The number of hydrogen-bond acceptors (Lipinski definition) is 3. The Morgan fingerprint density at radius 3 is 3.00 bits per heavy atom.